The van der Waals surface area contributed by atoms with Gasteiger partial charge in [0.2, 0.25) is 6.71 Å². The third-order valence-corrected chi connectivity index (χ3v) is 11.5. The van der Waals surface area contributed by atoms with Crippen molar-refractivity contribution in [3.63, 3.8) is 0 Å². The average molecular weight is 660 g/mol. The van der Waals surface area contributed by atoms with Crippen LogP contribution in [0.2, 0.25) is 0 Å². The van der Waals surface area contributed by atoms with Gasteiger partial charge in [-0.3, -0.25) is 0 Å². The number of fused-ring (bicyclic) bond motifs is 11. The molecule has 0 fully saturated rings. The Kier molecular flexibility index (Phi) is 5.58. The molecule has 0 atom stereocenters. The van der Waals surface area contributed by atoms with Gasteiger partial charge in [-0.05, 0) is 65.5 Å². The highest BCUT2D eigenvalue weighted by molar-refractivity contribution is 6.98. The molecule has 8 aromatic carbocycles. The van der Waals surface area contributed by atoms with Crippen LogP contribution in [0, 0.1) is 0 Å². The molecule has 3 nitrogen and oxygen atoms in total. The Morgan fingerprint density at radius 2 is 0.788 bits per heavy atom. The summed E-state index contributed by atoms with van der Waals surface area (Å²) in [7, 11) is 0. The SMILES string of the molecule is c1ccc(B2c3ccc(-n4c5ccccc5c5ccccc54)cc3-n3c4ccc(-n5c6ccccc6c6ccccc65)cc4c4cccc2c43)cc1. The Hall–Kier alpha value is -6.78. The summed E-state index contributed by atoms with van der Waals surface area (Å²) in [6.45, 7) is 0.112. The summed E-state index contributed by atoms with van der Waals surface area (Å²) in [5, 5.41) is 7.64. The fourth-order valence-electron chi connectivity index (χ4n) is 9.39. The molecule has 52 heavy (non-hydrogen) atoms. The zero-order valence-electron chi connectivity index (χ0n) is 28.2. The largest absolute Gasteiger partial charge is 0.310 e. The van der Waals surface area contributed by atoms with Crippen molar-refractivity contribution in [2.45, 2.75) is 0 Å². The van der Waals surface area contributed by atoms with Crippen LogP contribution in [0.5, 0.6) is 0 Å². The molecule has 0 N–H and O–H groups in total. The molecule has 4 heterocycles. The number of aromatic nitrogens is 3. The molecule has 11 aromatic rings. The van der Waals surface area contributed by atoms with E-state index in [2.05, 4.69) is 196 Å². The summed E-state index contributed by atoms with van der Waals surface area (Å²) < 4.78 is 7.41. The standard InChI is InChI=1S/C48H30BN3/c1-2-13-31(14-3-1)49-40-27-25-33(51-44-23-10-6-17-36(44)37-18-7-11-24-45(37)51)30-47(40)52-46-28-26-32(29-39(46)38-19-12-20-41(49)48(38)52)50-42-21-8-4-15-34(42)35-16-5-9-22-43(35)50/h1-30H. The zero-order valence-corrected chi connectivity index (χ0v) is 28.2. The highest BCUT2D eigenvalue weighted by atomic mass is 15.0. The lowest BCUT2D eigenvalue weighted by Gasteiger charge is -2.28. The lowest BCUT2D eigenvalue weighted by atomic mass is 9.35. The van der Waals surface area contributed by atoms with Crippen molar-refractivity contribution in [3.05, 3.63) is 182 Å². The van der Waals surface area contributed by atoms with E-state index in [1.165, 1.54) is 98.9 Å². The van der Waals surface area contributed by atoms with E-state index < -0.39 is 0 Å². The van der Waals surface area contributed by atoms with Crippen LogP contribution in [0.15, 0.2) is 182 Å². The monoisotopic (exact) mass is 659 g/mol. The third-order valence-electron chi connectivity index (χ3n) is 11.5. The maximum Gasteiger partial charge on any atom is 0.246 e. The average Bonchev–Trinajstić information content (AvgIpc) is 3.85. The van der Waals surface area contributed by atoms with Gasteiger partial charge in [-0.15, -0.1) is 0 Å². The van der Waals surface area contributed by atoms with Gasteiger partial charge in [0.05, 0.1) is 27.6 Å². The molecule has 12 rings (SSSR count). The lowest BCUT2D eigenvalue weighted by molar-refractivity contribution is 1.14. The van der Waals surface area contributed by atoms with Crippen LogP contribution in [0.3, 0.4) is 0 Å². The smallest absolute Gasteiger partial charge is 0.246 e. The number of nitrogens with zero attached hydrogens (tertiary/aromatic N) is 3. The number of benzene rings is 8. The zero-order chi connectivity index (χ0) is 33.9. The first-order valence-electron chi connectivity index (χ1n) is 18.1. The van der Waals surface area contributed by atoms with Crippen molar-refractivity contribution in [2.24, 2.45) is 0 Å². The summed E-state index contributed by atoms with van der Waals surface area (Å²) in [6.07, 6.45) is 0. The topological polar surface area (TPSA) is 14.8 Å². The van der Waals surface area contributed by atoms with Crippen molar-refractivity contribution in [1.29, 1.82) is 0 Å². The van der Waals surface area contributed by atoms with E-state index in [1.54, 1.807) is 0 Å². The van der Waals surface area contributed by atoms with Crippen LogP contribution in [-0.2, 0) is 0 Å². The molecular weight excluding hydrogens is 629 g/mol. The minimum absolute atomic E-state index is 0.112. The summed E-state index contributed by atoms with van der Waals surface area (Å²) in [6, 6.07) is 67.2. The molecule has 0 spiro atoms. The van der Waals surface area contributed by atoms with Gasteiger partial charge in [0.25, 0.3) is 0 Å². The number of hydrogen-bond donors (Lipinski definition) is 0. The highest BCUT2D eigenvalue weighted by Gasteiger charge is 2.34. The maximum absolute atomic E-state index is 2.54. The first kappa shape index (κ1) is 28.0. The second-order valence-corrected chi connectivity index (χ2v) is 14.1. The maximum atomic E-state index is 2.54. The Bertz CT molecular complexity index is 3150. The molecule has 4 heteroatoms. The Labute approximate surface area is 300 Å². The molecule has 0 radical (unpaired) electrons. The molecule has 0 aliphatic carbocycles. The minimum atomic E-state index is 0.112. The van der Waals surface area contributed by atoms with Gasteiger partial charge < -0.3 is 13.7 Å². The molecule has 0 unspecified atom stereocenters. The summed E-state index contributed by atoms with van der Waals surface area (Å²) in [4.78, 5) is 0. The van der Waals surface area contributed by atoms with Crippen LogP contribution in [0.1, 0.15) is 0 Å². The Balaban J connectivity index is 1.18. The Morgan fingerprint density at radius 1 is 0.308 bits per heavy atom. The number of hydrogen-bond acceptors (Lipinski definition) is 0. The number of rotatable bonds is 3. The first-order chi connectivity index (χ1) is 25.8. The van der Waals surface area contributed by atoms with E-state index in [4.69, 9.17) is 0 Å². The van der Waals surface area contributed by atoms with Gasteiger partial charge in [-0.25, -0.2) is 0 Å². The van der Waals surface area contributed by atoms with Crippen molar-refractivity contribution >= 4 is 88.5 Å². The van der Waals surface area contributed by atoms with E-state index in [-0.39, 0.29) is 6.71 Å². The van der Waals surface area contributed by atoms with Crippen LogP contribution in [0.25, 0.3) is 82.5 Å². The fraction of sp³-hybridized carbons (Fsp3) is 0. The molecule has 1 aliphatic heterocycles. The van der Waals surface area contributed by atoms with Crippen molar-refractivity contribution in [2.75, 3.05) is 0 Å². The van der Waals surface area contributed by atoms with Gasteiger partial charge in [0.1, 0.15) is 0 Å². The van der Waals surface area contributed by atoms with Crippen LogP contribution in [0.4, 0.5) is 0 Å². The third kappa shape index (κ3) is 3.65. The van der Waals surface area contributed by atoms with Crippen molar-refractivity contribution in [1.82, 2.24) is 13.7 Å². The first-order valence-corrected chi connectivity index (χ1v) is 18.1. The molecule has 1 aliphatic rings. The molecule has 0 bridgehead atoms. The quantitative estimate of drug-likeness (QED) is 0.168. The van der Waals surface area contributed by atoms with E-state index in [1.807, 2.05) is 0 Å². The van der Waals surface area contributed by atoms with Gasteiger partial charge in [-0.1, -0.05) is 133 Å². The van der Waals surface area contributed by atoms with E-state index in [0.29, 0.717) is 0 Å². The lowest BCUT2D eigenvalue weighted by Crippen LogP contribution is -2.55. The van der Waals surface area contributed by atoms with Crippen LogP contribution in [-0.4, -0.2) is 20.4 Å². The minimum Gasteiger partial charge on any atom is -0.310 e. The van der Waals surface area contributed by atoms with Gasteiger partial charge in [0.15, 0.2) is 0 Å². The van der Waals surface area contributed by atoms with Crippen LogP contribution >= 0.6 is 0 Å². The molecular formula is C48H30BN3. The van der Waals surface area contributed by atoms with E-state index in [9.17, 15) is 0 Å². The summed E-state index contributed by atoms with van der Waals surface area (Å²) >= 11 is 0. The predicted molar refractivity (Wildman–Crippen MR) is 221 cm³/mol. The molecule has 240 valence electrons. The highest BCUT2D eigenvalue weighted by Crippen LogP contribution is 2.39. The van der Waals surface area contributed by atoms with Gasteiger partial charge in [-0.2, -0.15) is 0 Å². The van der Waals surface area contributed by atoms with Crippen LogP contribution < -0.4 is 16.4 Å². The second kappa shape index (κ2) is 10.4. The summed E-state index contributed by atoms with van der Waals surface area (Å²) in [5.74, 6) is 0. The molecule has 3 aromatic heterocycles. The fourth-order valence-corrected chi connectivity index (χ4v) is 9.39. The molecule has 0 amide bonds. The summed E-state index contributed by atoms with van der Waals surface area (Å²) in [5.41, 5.74) is 14.9. The van der Waals surface area contributed by atoms with Gasteiger partial charge >= 0.3 is 0 Å². The van der Waals surface area contributed by atoms with Gasteiger partial charge in [0, 0.05) is 54.9 Å². The van der Waals surface area contributed by atoms with E-state index >= 15 is 0 Å². The van der Waals surface area contributed by atoms with Crippen molar-refractivity contribution in [3.8, 4) is 17.1 Å². The predicted octanol–water partition coefficient (Wildman–Crippen LogP) is 9.81. The molecule has 0 saturated carbocycles. The molecule has 0 saturated heterocycles. The number of para-hydroxylation sites is 5. The van der Waals surface area contributed by atoms with Crippen molar-refractivity contribution < 1.29 is 0 Å². The second-order valence-electron chi connectivity index (χ2n) is 14.1. The normalized spacial score (nSPS) is 12.6. The Morgan fingerprint density at radius 3 is 1.38 bits per heavy atom. The van der Waals surface area contributed by atoms with E-state index in [0.717, 1.165) is 0 Å².